The third kappa shape index (κ3) is 3.57. The fourth-order valence-electron chi connectivity index (χ4n) is 3.18. The standard InChI is InChI=1S/C19H20ClN5O/c1-14(18-22-23-19(26-18)15-5-4-6-16(20)13-15)24-9-11-25(12-10-24)17-7-2-3-8-21-17/h2-8,13-14H,9-12H2,1H3/t14-/m1/s1. The van der Waals surface area contributed by atoms with Crippen molar-refractivity contribution in [2.75, 3.05) is 31.1 Å². The summed E-state index contributed by atoms with van der Waals surface area (Å²) in [6.45, 7) is 5.80. The van der Waals surface area contributed by atoms with Gasteiger partial charge in [0.25, 0.3) is 0 Å². The van der Waals surface area contributed by atoms with Gasteiger partial charge in [0.2, 0.25) is 11.8 Å². The SMILES string of the molecule is C[C@H](c1nnc(-c2cccc(Cl)c2)o1)N1CCN(c2ccccn2)CC1. The van der Waals surface area contributed by atoms with Crippen LogP contribution < -0.4 is 4.90 Å². The average Bonchev–Trinajstić information content (AvgIpc) is 3.18. The van der Waals surface area contributed by atoms with Gasteiger partial charge >= 0.3 is 0 Å². The first-order valence-electron chi connectivity index (χ1n) is 8.70. The third-order valence-corrected chi connectivity index (χ3v) is 4.94. The Labute approximate surface area is 157 Å². The van der Waals surface area contributed by atoms with Gasteiger partial charge in [-0.2, -0.15) is 0 Å². The van der Waals surface area contributed by atoms with E-state index in [4.69, 9.17) is 16.0 Å². The van der Waals surface area contributed by atoms with Crippen molar-refractivity contribution in [3.8, 4) is 11.5 Å². The number of halogens is 1. The molecule has 0 amide bonds. The molecule has 3 aromatic rings. The Morgan fingerprint density at radius 1 is 1.04 bits per heavy atom. The lowest BCUT2D eigenvalue weighted by Gasteiger charge is -2.37. The second kappa shape index (κ2) is 7.43. The number of nitrogens with zero attached hydrogens (tertiary/aromatic N) is 5. The number of anilines is 1. The highest BCUT2D eigenvalue weighted by Crippen LogP contribution is 2.26. The highest BCUT2D eigenvalue weighted by molar-refractivity contribution is 6.30. The van der Waals surface area contributed by atoms with Crippen LogP contribution in [0.5, 0.6) is 0 Å². The summed E-state index contributed by atoms with van der Waals surface area (Å²) in [6, 6.07) is 13.5. The molecular weight excluding hydrogens is 350 g/mol. The molecule has 0 radical (unpaired) electrons. The van der Waals surface area contributed by atoms with Crippen LogP contribution in [0.15, 0.2) is 53.1 Å². The van der Waals surface area contributed by atoms with Crippen molar-refractivity contribution in [3.05, 3.63) is 59.6 Å². The van der Waals surface area contributed by atoms with Crippen LogP contribution in [0.2, 0.25) is 5.02 Å². The smallest absolute Gasteiger partial charge is 0.247 e. The highest BCUT2D eigenvalue weighted by Gasteiger charge is 2.26. The number of rotatable bonds is 4. The summed E-state index contributed by atoms with van der Waals surface area (Å²) < 4.78 is 5.90. The number of hydrogen-bond donors (Lipinski definition) is 0. The molecule has 6 nitrogen and oxygen atoms in total. The van der Waals surface area contributed by atoms with E-state index in [2.05, 4.69) is 31.9 Å². The first-order valence-corrected chi connectivity index (χ1v) is 9.08. The Hall–Kier alpha value is -2.44. The molecule has 0 bridgehead atoms. The minimum Gasteiger partial charge on any atom is -0.419 e. The van der Waals surface area contributed by atoms with Crippen LogP contribution in [-0.2, 0) is 0 Å². The Morgan fingerprint density at radius 2 is 1.88 bits per heavy atom. The van der Waals surface area contributed by atoms with E-state index in [1.54, 1.807) is 0 Å². The first kappa shape index (κ1) is 17.0. The lowest BCUT2D eigenvalue weighted by molar-refractivity contribution is 0.173. The van der Waals surface area contributed by atoms with Gasteiger partial charge in [0.1, 0.15) is 5.82 Å². The maximum Gasteiger partial charge on any atom is 0.247 e. The molecule has 1 aliphatic rings. The van der Waals surface area contributed by atoms with Crippen LogP contribution in [0, 0.1) is 0 Å². The zero-order chi connectivity index (χ0) is 17.9. The van der Waals surface area contributed by atoms with Crippen LogP contribution >= 0.6 is 11.6 Å². The van der Waals surface area contributed by atoms with Crippen molar-refractivity contribution < 1.29 is 4.42 Å². The fraction of sp³-hybridized carbons (Fsp3) is 0.316. The van der Waals surface area contributed by atoms with Crippen LogP contribution in [0.25, 0.3) is 11.5 Å². The summed E-state index contributed by atoms with van der Waals surface area (Å²) in [5.41, 5.74) is 0.837. The summed E-state index contributed by atoms with van der Waals surface area (Å²) >= 11 is 6.04. The van der Waals surface area contributed by atoms with Gasteiger partial charge in [0.05, 0.1) is 6.04 Å². The Kier molecular flexibility index (Phi) is 4.86. The summed E-state index contributed by atoms with van der Waals surface area (Å²) in [5, 5.41) is 9.08. The lowest BCUT2D eigenvalue weighted by Crippen LogP contribution is -2.47. The fourth-order valence-corrected chi connectivity index (χ4v) is 3.37. The van der Waals surface area contributed by atoms with E-state index in [1.807, 2.05) is 48.7 Å². The van der Waals surface area contributed by atoms with Crippen molar-refractivity contribution in [1.29, 1.82) is 0 Å². The zero-order valence-electron chi connectivity index (χ0n) is 14.5. The van der Waals surface area contributed by atoms with Gasteiger partial charge in [-0.25, -0.2) is 4.98 Å². The number of pyridine rings is 1. The second-order valence-electron chi connectivity index (χ2n) is 6.34. The summed E-state index contributed by atoms with van der Waals surface area (Å²) in [6.07, 6.45) is 1.83. The summed E-state index contributed by atoms with van der Waals surface area (Å²) in [5.74, 6) is 2.16. The molecule has 0 unspecified atom stereocenters. The van der Waals surface area contributed by atoms with Gasteiger partial charge in [0.15, 0.2) is 0 Å². The maximum absolute atomic E-state index is 6.04. The molecule has 1 atom stereocenters. The van der Waals surface area contributed by atoms with Crippen LogP contribution in [0.3, 0.4) is 0 Å². The molecule has 0 saturated carbocycles. The normalized spacial score (nSPS) is 16.6. The van der Waals surface area contributed by atoms with Gasteiger partial charge in [-0.05, 0) is 37.3 Å². The van der Waals surface area contributed by atoms with Gasteiger partial charge in [0, 0.05) is 43.0 Å². The van der Waals surface area contributed by atoms with E-state index >= 15 is 0 Å². The molecule has 0 aliphatic carbocycles. The lowest BCUT2D eigenvalue weighted by atomic mass is 10.2. The summed E-state index contributed by atoms with van der Waals surface area (Å²) in [4.78, 5) is 9.09. The van der Waals surface area contributed by atoms with Crippen molar-refractivity contribution in [2.45, 2.75) is 13.0 Å². The quantitative estimate of drug-likeness (QED) is 0.699. The Balaban J connectivity index is 1.42. The minimum atomic E-state index is 0.0707. The van der Waals surface area contributed by atoms with Gasteiger partial charge in [-0.15, -0.1) is 10.2 Å². The molecule has 1 aromatic carbocycles. The molecule has 4 rings (SSSR count). The molecule has 7 heteroatoms. The van der Waals surface area contributed by atoms with Crippen molar-refractivity contribution in [1.82, 2.24) is 20.1 Å². The number of piperazine rings is 1. The van der Waals surface area contributed by atoms with E-state index in [0.29, 0.717) is 16.8 Å². The third-order valence-electron chi connectivity index (χ3n) is 4.70. The maximum atomic E-state index is 6.04. The Bertz CT molecular complexity index is 861. The number of benzene rings is 1. The topological polar surface area (TPSA) is 58.3 Å². The molecule has 1 aliphatic heterocycles. The van der Waals surface area contributed by atoms with E-state index in [9.17, 15) is 0 Å². The number of hydrogen-bond acceptors (Lipinski definition) is 6. The van der Waals surface area contributed by atoms with Crippen molar-refractivity contribution >= 4 is 17.4 Å². The van der Waals surface area contributed by atoms with Gasteiger partial charge in [-0.3, -0.25) is 4.90 Å². The molecule has 3 heterocycles. The molecule has 26 heavy (non-hydrogen) atoms. The van der Waals surface area contributed by atoms with Crippen LogP contribution in [0.1, 0.15) is 18.9 Å². The van der Waals surface area contributed by atoms with Gasteiger partial charge < -0.3 is 9.32 Å². The van der Waals surface area contributed by atoms with Gasteiger partial charge in [-0.1, -0.05) is 23.7 Å². The predicted molar refractivity (Wildman–Crippen MR) is 101 cm³/mol. The first-order chi connectivity index (χ1) is 12.7. The summed E-state index contributed by atoms with van der Waals surface area (Å²) in [7, 11) is 0. The van der Waals surface area contributed by atoms with E-state index < -0.39 is 0 Å². The molecule has 2 aromatic heterocycles. The molecule has 0 spiro atoms. The molecule has 0 N–H and O–H groups in total. The monoisotopic (exact) mass is 369 g/mol. The second-order valence-corrected chi connectivity index (χ2v) is 6.78. The van der Waals surface area contributed by atoms with E-state index in [-0.39, 0.29) is 6.04 Å². The molecule has 134 valence electrons. The molecule has 1 fully saturated rings. The number of aromatic nitrogens is 3. The van der Waals surface area contributed by atoms with Crippen molar-refractivity contribution in [2.24, 2.45) is 0 Å². The minimum absolute atomic E-state index is 0.0707. The Morgan fingerprint density at radius 3 is 2.62 bits per heavy atom. The van der Waals surface area contributed by atoms with Crippen molar-refractivity contribution in [3.63, 3.8) is 0 Å². The molecular formula is C19H20ClN5O. The van der Waals surface area contributed by atoms with E-state index in [0.717, 1.165) is 37.6 Å². The van der Waals surface area contributed by atoms with Crippen LogP contribution in [-0.4, -0.2) is 46.3 Å². The zero-order valence-corrected chi connectivity index (χ0v) is 15.3. The van der Waals surface area contributed by atoms with E-state index in [1.165, 1.54) is 0 Å². The molecule has 1 saturated heterocycles. The highest BCUT2D eigenvalue weighted by atomic mass is 35.5. The average molecular weight is 370 g/mol. The predicted octanol–water partition coefficient (Wildman–Crippen LogP) is 3.67. The largest absolute Gasteiger partial charge is 0.419 e. The van der Waals surface area contributed by atoms with Crippen LogP contribution in [0.4, 0.5) is 5.82 Å².